The summed E-state index contributed by atoms with van der Waals surface area (Å²) >= 11 is 1.26. The van der Waals surface area contributed by atoms with Crippen LogP contribution in [0, 0.1) is 0 Å². The maximum atomic E-state index is 11.1. The highest BCUT2D eigenvalue weighted by Crippen LogP contribution is 2.21. The van der Waals surface area contributed by atoms with Gasteiger partial charge in [-0.3, -0.25) is 9.36 Å². The molecular weight excluding hydrogens is 364 g/mol. The van der Waals surface area contributed by atoms with Crippen molar-refractivity contribution in [3.8, 4) is 11.5 Å². The molecule has 1 aromatic heterocycles. The van der Waals surface area contributed by atoms with Crippen LogP contribution < -0.4 is 15.2 Å². The van der Waals surface area contributed by atoms with Crippen molar-refractivity contribution >= 4 is 17.7 Å². The summed E-state index contributed by atoms with van der Waals surface area (Å²) in [5, 5.41) is 9.05. The van der Waals surface area contributed by atoms with E-state index >= 15 is 0 Å². The molecule has 0 saturated heterocycles. The molecule has 3 aromatic rings. The number of thioether (sulfide) groups is 1. The van der Waals surface area contributed by atoms with Crippen molar-refractivity contribution in [1.82, 2.24) is 14.8 Å². The van der Waals surface area contributed by atoms with Crippen molar-refractivity contribution in [1.29, 1.82) is 0 Å². The predicted molar refractivity (Wildman–Crippen MR) is 103 cm³/mol. The fourth-order valence-corrected chi connectivity index (χ4v) is 3.11. The number of methoxy groups -OCH3 is 1. The van der Waals surface area contributed by atoms with Crippen molar-refractivity contribution < 1.29 is 14.3 Å². The van der Waals surface area contributed by atoms with Crippen LogP contribution >= 0.6 is 11.8 Å². The van der Waals surface area contributed by atoms with Gasteiger partial charge in [-0.2, -0.15) is 0 Å². The van der Waals surface area contributed by atoms with E-state index in [-0.39, 0.29) is 12.4 Å². The lowest BCUT2D eigenvalue weighted by Gasteiger charge is -2.11. The summed E-state index contributed by atoms with van der Waals surface area (Å²) in [6.07, 6.45) is 0. The first-order chi connectivity index (χ1) is 13.2. The Morgan fingerprint density at radius 1 is 1.07 bits per heavy atom. The SMILES string of the molecule is COc1ccc(OCc2nnc(SCC(N)=O)n2Cc2ccccc2)cc1. The number of amides is 1. The molecule has 140 valence electrons. The van der Waals surface area contributed by atoms with Crippen molar-refractivity contribution in [3.05, 3.63) is 66.0 Å². The first-order valence-corrected chi connectivity index (χ1v) is 9.28. The molecule has 1 heterocycles. The summed E-state index contributed by atoms with van der Waals surface area (Å²) in [5.41, 5.74) is 6.36. The standard InChI is InChI=1S/C19H20N4O3S/c1-25-15-7-9-16(10-8-15)26-12-18-21-22-19(27-13-17(20)24)23(18)11-14-5-3-2-4-6-14/h2-10H,11-13H2,1H3,(H2,20,24). The Morgan fingerprint density at radius 2 is 1.78 bits per heavy atom. The largest absolute Gasteiger partial charge is 0.497 e. The van der Waals surface area contributed by atoms with E-state index in [0.717, 1.165) is 11.3 Å². The number of hydrogen-bond acceptors (Lipinski definition) is 6. The quantitative estimate of drug-likeness (QED) is 0.570. The minimum atomic E-state index is -0.398. The second-order valence-electron chi connectivity index (χ2n) is 5.69. The number of primary amides is 1. The fourth-order valence-electron chi connectivity index (χ4n) is 2.41. The zero-order valence-corrected chi connectivity index (χ0v) is 15.7. The number of hydrogen-bond donors (Lipinski definition) is 1. The van der Waals surface area contributed by atoms with E-state index in [1.165, 1.54) is 11.8 Å². The molecule has 1 amide bonds. The number of aromatic nitrogens is 3. The highest BCUT2D eigenvalue weighted by molar-refractivity contribution is 7.99. The Hall–Kier alpha value is -3.00. The maximum absolute atomic E-state index is 11.1. The van der Waals surface area contributed by atoms with Crippen molar-refractivity contribution in [2.75, 3.05) is 12.9 Å². The normalized spacial score (nSPS) is 10.6. The van der Waals surface area contributed by atoms with Crippen molar-refractivity contribution in [2.24, 2.45) is 5.73 Å². The van der Waals surface area contributed by atoms with Crippen LogP contribution in [0.1, 0.15) is 11.4 Å². The van der Waals surface area contributed by atoms with Gasteiger partial charge in [-0.05, 0) is 29.8 Å². The van der Waals surface area contributed by atoms with Gasteiger partial charge in [0.25, 0.3) is 0 Å². The van der Waals surface area contributed by atoms with E-state index in [1.807, 2.05) is 59.2 Å². The second kappa shape index (κ2) is 9.09. The van der Waals surface area contributed by atoms with Crippen LogP contribution in [-0.2, 0) is 17.9 Å². The van der Waals surface area contributed by atoms with Gasteiger partial charge >= 0.3 is 0 Å². The Kier molecular flexibility index (Phi) is 6.32. The molecular formula is C19H20N4O3S. The molecule has 0 unspecified atom stereocenters. The molecule has 0 spiro atoms. The Morgan fingerprint density at radius 3 is 2.44 bits per heavy atom. The van der Waals surface area contributed by atoms with Gasteiger partial charge < -0.3 is 15.2 Å². The number of nitrogens with zero attached hydrogens (tertiary/aromatic N) is 3. The zero-order valence-electron chi connectivity index (χ0n) is 14.9. The van der Waals surface area contributed by atoms with Crippen LogP contribution in [0.15, 0.2) is 59.8 Å². The van der Waals surface area contributed by atoms with Crippen LogP contribution in [0.5, 0.6) is 11.5 Å². The van der Waals surface area contributed by atoms with Gasteiger partial charge in [0.2, 0.25) is 5.91 Å². The fraction of sp³-hybridized carbons (Fsp3) is 0.211. The maximum Gasteiger partial charge on any atom is 0.227 e. The highest BCUT2D eigenvalue weighted by Gasteiger charge is 2.14. The van der Waals surface area contributed by atoms with Gasteiger partial charge in [0, 0.05) is 0 Å². The summed E-state index contributed by atoms with van der Waals surface area (Å²) in [7, 11) is 1.62. The molecule has 0 saturated carbocycles. The van der Waals surface area contributed by atoms with E-state index in [4.69, 9.17) is 15.2 Å². The van der Waals surface area contributed by atoms with Crippen LogP contribution in [0.4, 0.5) is 0 Å². The molecule has 3 rings (SSSR count). The molecule has 0 aliphatic rings. The van der Waals surface area contributed by atoms with Gasteiger partial charge in [-0.1, -0.05) is 42.1 Å². The molecule has 7 nitrogen and oxygen atoms in total. The van der Waals surface area contributed by atoms with Gasteiger partial charge in [0.05, 0.1) is 19.4 Å². The molecule has 8 heteroatoms. The van der Waals surface area contributed by atoms with Gasteiger partial charge in [0.1, 0.15) is 18.1 Å². The van der Waals surface area contributed by atoms with Crippen molar-refractivity contribution in [3.63, 3.8) is 0 Å². The van der Waals surface area contributed by atoms with E-state index in [0.29, 0.717) is 23.3 Å². The summed E-state index contributed by atoms with van der Waals surface area (Å²) in [6.45, 7) is 0.833. The topological polar surface area (TPSA) is 92.3 Å². The van der Waals surface area contributed by atoms with E-state index in [1.54, 1.807) is 7.11 Å². The molecule has 0 fully saturated rings. The number of carbonyl (C=O) groups excluding carboxylic acids is 1. The number of benzene rings is 2. The van der Waals surface area contributed by atoms with Gasteiger partial charge in [-0.25, -0.2) is 0 Å². The molecule has 0 atom stereocenters. The molecule has 0 aliphatic carbocycles. The molecule has 2 aromatic carbocycles. The van der Waals surface area contributed by atoms with E-state index < -0.39 is 5.91 Å². The molecule has 2 N–H and O–H groups in total. The highest BCUT2D eigenvalue weighted by atomic mass is 32.2. The summed E-state index contributed by atoms with van der Waals surface area (Å²) in [6, 6.07) is 17.3. The van der Waals surface area contributed by atoms with Crippen LogP contribution in [0.3, 0.4) is 0 Å². The molecule has 0 aliphatic heterocycles. The third kappa shape index (κ3) is 5.24. The van der Waals surface area contributed by atoms with Crippen molar-refractivity contribution in [2.45, 2.75) is 18.3 Å². The van der Waals surface area contributed by atoms with Gasteiger partial charge in [0.15, 0.2) is 11.0 Å². The smallest absolute Gasteiger partial charge is 0.227 e. The Labute approximate surface area is 161 Å². The number of carbonyl (C=O) groups is 1. The molecule has 0 bridgehead atoms. The zero-order chi connectivity index (χ0) is 19.1. The van der Waals surface area contributed by atoms with E-state index in [2.05, 4.69) is 10.2 Å². The van der Waals surface area contributed by atoms with Crippen LogP contribution in [-0.4, -0.2) is 33.5 Å². The minimum Gasteiger partial charge on any atom is -0.497 e. The minimum absolute atomic E-state index is 0.145. The first kappa shape index (κ1) is 18.8. The van der Waals surface area contributed by atoms with Gasteiger partial charge in [-0.15, -0.1) is 10.2 Å². The average Bonchev–Trinajstić information content (AvgIpc) is 3.07. The summed E-state index contributed by atoms with van der Waals surface area (Å²) < 4.78 is 12.9. The lowest BCUT2D eigenvalue weighted by atomic mass is 10.2. The third-order valence-electron chi connectivity index (χ3n) is 3.75. The Bertz CT molecular complexity index is 882. The lowest BCUT2D eigenvalue weighted by Crippen LogP contribution is -2.14. The first-order valence-electron chi connectivity index (χ1n) is 8.29. The summed E-state index contributed by atoms with van der Waals surface area (Å²) in [4.78, 5) is 11.1. The number of ether oxygens (including phenoxy) is 2. The van der Waals surface area contributed by atoms with Crippen LogP contribution in [0.2, 0.25) is 0 Å². The van der Waals surface area contributed by atoms with E-state index in [9.17, 15) is 4.79 Å². The third-order valence-corrected chi connectivity index (χ3v) is 4.74. The molecule has 27 heavy (non-hydrogen) atoms. The predicted octanol–water partition coefficient (Wildman–Crippen LogP) is 2.49. The lowest BCUT2D eigenvalue weighted by molar-refractivity contribution is -0.115. The number of rotatable bonds is 9. The Balaban J connectivity index is 1.76. The average molecular weight is 384 g/mol. The number of nitrogens with two attached hydrogens (primary N) is 1. The molecule has 0 radical (unpaired) electrons. The summed E-state index contributed by atoms with van der Waals surface area (Å²) in [5.74, 6) is 1.88. The second-order valence-corrected chi connectivity index (χ2v) is 6.63. The monoisotopic (exact) mass is 384 g/mol. The van der Waals surface area contributed by atoms with Crippen LogP contribution in [0.25, 0.3) is 0 Å².